The molecule has 1 unspecified atom stereocenters. The highest BCUT2D eigenvalue weighted by molar-refractivity contribution is 5.76. The first-order valence-corrected chi connectivity index (χ1v) is 6.65. The largest absolute Gasteiger partial charge is 0.489 e. The van der Waals surface area contributed by atoms with Crippen molar-refractivity contribution in [3.8, 4) is 5.75 Å². The quantitative estimate of drug-likeness (QED) is 0.859. The molecule has 0 heterocycles. The van der Waals surface area contributed by atoms with Gasteiger partial charge in [-0.05, 0) is 29.7 Å². The molecule has 2 rings (SSSR count). The Bertz CT molecular complexity index is 607. The molecule has 0 saturated carbocycles. The Labute approximate surface area is 123 Å². The third-order valence-corrected chi connectivity index (χ3v) is 3.19. The molecule has 21 heavy (non-hydrogen) atoms. The standard InChI is InChI=1S/C17H18O4/c1-12-8-9-14(16(18)17(19)20-2)10-15(12)21-11-13-6-4-3-5-7-13/h3-10,16,18H,11H2,1-2H3. The van der Waals surface area contributed by atoms with Crippen LogP contribution in [0.5, 0.6) is 5.75 Å². The van der Waals surface area contributed by atoms with Crippen LogP contribution in [0.4, 0.5) is 0 Å². The zero-order chi connectivity index (χ0) is 15.2. The molecule has 0 saturated heterocycles. The van der Waals surface area contributed by atoms with Gasteiger partial charge < -0.3 is 14.6 Å². The minimum Gasteiger partial charge on any atom is -0.489 e. The molecular weight excluding hydrogens is 268 g/mol. The van der Waals surface area contributed by atoms with Gasteiger partial charge in [-0.25, -0.2) is 4.79 Å². The van der Waals surface area contributed by atoms with Crippen LogP contribution in [-0.4, -0.2) is 18.2 Å². The van der Waals surface area contributed by atoms with Gasteiger partial charge in [0.25, 0.3) is 0 Å². The number of ether oxygens (including phenoxy) is 2. The van der Waals surface area contributed by atoms with Crippen molar-refractivity contribution in [3.05, 3.63) is 65.2 Å². The summed E-state index contributed by atoms with van der Waals surface area (Å²) in [4.78, 5) is 11.4. The predicted octanol–water partition coefficient (Wildman–Crippen LogP) is 2.78. The number of hydrogen-bond acceptors (Lipinski definition) is 4. The highest BCUT2D eigenvalue weighted by atomic mass is 16.5. The van der Waals surface area contributed by atoms with Crippen LogP contribution in [0.1, 0.15) is 22.8 Å². The van der Waals surface area contributed by atoms with Crippen LogP contribution in [0.2, 0.25) is 0 Å². The fourth-order valence-electron chi connectivity index (χ4n) is 1.93. The van der Waals surface area contributed by atoms with Gasteiger partial charge in [0.05, 0.1) is 7.11 Å². The molecule has 0 bridgehead atoms. The van der Waals surface area contributed by atoms with Crippen LogP contribution < -0.4 is 4.74 Å². The summed E-state index contributed by atoms with van der Waals surface area (Å²) in [5.41, 5.74) is 2.44. The summed E-state index contributed by atoms with van der Waals surface area (Å²) in [6, 6.07) is 15.0. The molecule has 1 N–H and O–H groups in total. The first-order valence-electron chi connectivity index (χ1n) is 6.65. The number of methoxy groups -OCH3 is 1. The number of rotatable bonds is 5. The Morgan fingerprint density at radius 2 is 1.90 bits per heavy atom. The molecule has 0 fully saturated rings. The van der Waals surface area contributed by atoms with Crippen LogP contribution in [0.3, 0.4) is 0 Å². The van der Waals surface area contributed by atoms with Gasteiger partial charge >= 0.3 is 5.97 Å². The average molecular weight is 286 g/mol. The van der Waals surface area contributed by atoms with Crippen molar-refractivity contribution in [2.24, 2.45) is 0 Å². The van der Waals surface area contributed by atoms with Gasteiger partial charge in [0, 0.05) is 0 Å². The molecule has 4 heteroatoms. The van der Waals surface area contributed by atoms with E-state index in [4.69, 9.17) is 4.74 Å². The highest BCUT2D eigenvalue weighted by Crippen LogP contribution is 2.25. The lowest BCUT2D eigenvalue weighted by Gasteiger charge is -2.13. The maximum absolute atomic E-state index is 11.4. The minimum atomic E-state index is -1.30. The van der Waals surface area contributed by atoms with Crippen LogP contribution in [0, 0.1) is 6.92 Å². The van der Waals surface area contributed by atoms with E-state index in [-0.39, 0.29) is 0 Å². The van der Waals surface area contributed by atoms with Gasteiger partial charge in [-0.1, -0.05) is 42.5 Å². The Hall–Kier alpha value is -2.33. The third kappa shape index (κ3) is 3.83. The van der Waals surface area contributed by atoms with E-state index in [0.29, 0.717) is 17.9 Å². The van der Waals surface area contributed by atoms with Crippen molar-refractivity contribution in [2.75, 3.05) is 7.11 Å². The first-order chi connectivity index (χ1) is 10.1. The summed E-state index contributed by atoms with van der Waals surface area (Å²) in [5.74, 6) is -0.0489. The number of aliphatic hydroxyl groups is 1. The van der Waals surface area contributed by atoms with Crippen molar-refractivity contribution in [2.45, 2.75) is 19.6 Å². The van der Waals surface area contributed by atoms with Gasteiger partial charge in [0.15, 0.2) is 6.10 Å². The molecule has 2 aromatic carbocycles. The molecule has 110 valence electrons. The summed E-state index contributed by atoms with van der Waals surface area (Å²) in [7, 11) is 1.24. The summed E-state index contributed by atoms with van der Waals surface area (Å²) < 4.78 is 10.3. The van der Waals surface area contributed by atoms with Gasteiger partial charge in [-0.3, -0.25) is 0 Å². The number of esters is 1. The Balaban J connectivity index is 2.14. The Morgan fingerprint density at radius 1 is 1.19 bits per heavy atom. The monoisotopic (exact) mass is 286 g/mol. The van der Waals surface area contributed by atoms with Crippen LogP contribution in [0.15, 0.2) is 48.5 Å². The second-order valence-corrected chi connectivity index (χ2v) is 4.72. The van der Waals surface area contributed by atoms with E-state index in [1.807, 2.05) is 43.3 Å². The molecule has 2 aromatic rings. The predicted molar refractivity (Wildman–Crippen MR) is 78.9 cm³/mol. The molecule has 0 aliphatic carbocycles. The van der Waals surface area contributed by atoms with Crippen LogP contribution in [-0.2, 0) is 16.1 Å². The molecule has 4 nitrogen and oxygen atoms in total. The lowest BCUT2D eigenvalue weighted by Crippen LogP contribution is -2.13. The van der Waals surface area contributed by atoms with E-state index >= 15 is 0 Å². The van der Waals surface area contributed by atoms with Crippen molar-refractivity contribution in [3.63, 3.8) is 0 Å². The van der Waals surface area contributed by atoms with E-state index in [1.165, 1.54) is 7.11 Å². The van der Waals surface area contributed by atoms with Gasteiger partial charge in [0.2, 0.25) is 0 Å². The maximum Gasteiger partial charge on any atom is 0.339 e. The van der Waals surface area contributed by atoms with Crippen molar-refractivity contribution >= 4 is 5.97 Å². The third-order valence-electron chi connectivity index (χ3n) is 3.19. The summed E-state index contributed by atoms with van der Waals surface area (Å²) >= 11 is 0. The second kappa shape index (κ2) is 6.90. The SMILES string of the molecule is COC(=O)C(O)c1ccc(C)c(OCc2ccccc2)c1. The van der Waals surface area contributed by atoms with E-state index < -0.39 is 12.1 Å². The smallest absolute Gasteiger partial charge is 0.339 e. The second-order valence-electron chi connectivity index (χ2n) is 4.72. The number of carbonyl (C=O) groups is 1. The van der Waals surface area contributed by atoms with Gasteiger partial charge in [-0.2, -0.15) is 0 Å². The fraction of sp³-hybridized carbons (Fsp3) is 0.235. The summed E-state index contributed by atoms with van der Waals surface area (Å²) in [6.07, 6.45) is -1.30. The molecule has 0 radical (unpaired) electrons. The number of benzene rings is 2. The van der Waals surface area contributed by atoms with Crippen LogP contribution in [0.25, 0.3) is 0 Å². The number of aliphatic hydroxyl groups excluding tert-OH is 1. The first kappa shape index (κ1) is 15.1. The zero-order valence-corrected chi connectivity index (χ0v) is 12.1. The molecule has 1 atom stereocenters. The molecule has 0 aliphatic rings. The Morgan fingerprint density at radius 3 is 2.57 bits per heavy atom. The minimum absolute atomic E-state index is 0.430. The van der Waals surface area contributed by atoms with Crippen LogP contribution >= 0.6 is 0 Å². The zero-order valence-electron chi connectivity index (χ0n) is 12.1. The normalized spacial score (nSPS) is 11.8. The average Bonchev–Trinajstić information content (AvgIpc) is 2.53. The number of aryl methyl sites for hydroxylation is 1. The lowest BCUT2D eigenvalue weighted by molar-refractivity contribution is -0.150. The lowest BCUT2D eigenvalue weighted by atomic mass is 10.1. The van der Waals surface area contributed by atoms with E-state index in [1.54, 1.807) is 12.1 Å². The molecule has 0 aliphatic heterocycles. The molecule has 0 spiro atoms. The van der Waals surface area contributed by atoms with E-state index in [9.17, 15) is 9.90 Å². The fourth-order valence-corrected chi connectivity index (χ4v) is 1.93. The molecular formula is C17H18O4. The van der Waals surface area contributed by atoms with E-state index in [2.05, 4.69) is 4.74 Å². The highest BCUT2D eigenvalue weighted by Gasteiger charge is 2.18. The van der Waals surface area contributed by atoms with Crippen molar-refractivity contribution in [1.82, 2.24) is 0 Å². The number of hydrogen-bond donors (Lipinski definition) is 1. The number of carbonyl (C=O) groups excluding carboxylic acids is 1. The van der Waals surface area contributed by atoms with Crippen molar-refractivity contribution < 1.29 is 19.4 Å². The van der Waals surface area contributed by atoms with Gasteiger partial charge in [-0.15, -0.1) is 0 Å². The topological polar surface area (TPSA) is 55.8 Å². The van der Waals surface area contributed by atoms with Gasteiger partial charge in [0.1, 0.15) is 12.4 Å². The van der Waals surface area contributed by atoms with Crippen molar-refractivity contribution in [1.29, 1.82) is 0 Å². The Kier molecular flexibility index (Phi) is 4.95. The summed E-state index contributed by atoms with van der Waals surface area (Å²) in [6.45, 7) is 2.34. The molecule has 0 amide bonds. The molecule has 0 aromatic heterocycles. The van der Waals surface area contributed by atoms with E-state index in [0.717, 1.165) is 11.1 Å². The summed E-state index contributed by atoms with van der Waals surface area (Å²) in [5, 5.41) is 9.86. The maximum atomic E-state index is 11.4.